The third kappa shape index (κ3) is 6.77. The van der Waals surface area contributed by atoms with Crippen LogP contribution in [0.5, 0.6) is 11.5 Å². The van der Waals surface area contributed by atoms with Crippen LogP contribution >= 0.6 is 0 Å². The highest BCUT2D eigenvalue weighted by molar-refractivity contribution is 6.13. The molecule has 4 N–H and O–H groups in total. The Morgan fingerprint density at radius 1 is 0.978 bits per heavy atom. The zero-order valence-corrected chi connectivity index (χ0v) is 26.0. The number of quaternary nitrogens is 1. The molecule has 1 aliphatic heterocycles. The Labute approximate surface area is 267 Å². The molecule has 1 aliphatic rings. The number of hydrogen-bond donors (Lipinski definition) is 2. The Bertz CT molecular complexity index is 1900. The number of methoxy groups -OCH3 is 2. The van der Waals surface area contributed by atoms with Crippen molar-refractivity contribution in [3.05, 3.63) is 112 Å². The summed E-state index contributed by atoms with van der Waals surface area (Å²) in [6, 6.07) is 18.9. The second-order valence-corrected chi connectivity index (χ2v) is 10.7. The van der Waals surface area contributed by atoms with E-state index < -0.39 is 11.9 Å². The molecule has 2 heterocycles. The van der Waals surface area contributed by atoms with Gasteiger partial charge in [0.25, 0.3) is 0 Å². The van der Waals surface area contributed by atoms with Crippen LogP contribution in [0.3, 0.4) is 0 Å². The van der Waals surface area contributed by atoms with Gasteiger partial charge in [-0.3, -0.25) is 9.28 Å². The highest BCUT2D eigenvalue weighted by atomic mass is 16.7. The number of ketones is 1. The van der Waals surface area contributed by atoms with Crippen molar-refractivity contribution >= 4 is 29.4 Å². The number of carbonyl (C=O) groups is 2. The van der Waals surface area contributed by atoms with Crippen LogP contribution in [0.4, 0.5) is 22.2 Å². The molecular formula is C35H34N5O6+. The van der Waals surface area contributed by atoms with Crippen LogP contribution in [-0.4, -0.2) is 49.8 Å². The molecule has 0 aliphatic carbocycles. The van der Waals surface area contributed by atoms with Crippen molar-refractivity contribution in [1.82, 2.24) is 14.5 Å². The molecule has 5 rings (SSSR count). The number of anilines is 2. The van der Waals surface area contributed by atoms with Gasteiger partial charge in [0.05, 0.1) is 39.0 Å². The van der Waals surface area contributed by atoms with Gasteiger partial charge in [-0.15, -0.1) is 0 Å². The van der Waals surface area contributed by atoms with Crippen LogP contribution in [0.25, 0.3) is 0 Å². The molecule has 0 bridgehead atoms. The van der Waals surface area contributed by atoms with Gasteiger partial charge in [-0.2, -0.15) is 4.98 Å². The molecule has 1 atom stereocenters. The predicted octanol–water partition coefficient (Wildman–Crippen LogP) is 5.00. The van der Waals surface area contributed by atoms with Gasteiger partial charge in [-0.1, -0.05) is 42.2 Å². The number of hydrogen-bond acceptors (Lipinski definition) is 10. The number of rotatable bonds is 8. The Kier molecular flexibility index (Phi) is 9.21. The average molecular weight is 621 g/mol. The number of Topliss-reactive ketones (excluding diaryl/α,β-unsaturated/α-hetero) is 1. The molecular weight excluding hydrogens is 586 g/mol. The largest absolute Gasteiger partial charge is 0.514 e. The van der Waals surface area contributed by atoms with Crippen LogP contribution < -0.4 is 25.4 Å². The lowest BCUT2D eigenvalue weighted by molar-refractivity contribution is 0.0687. The first-order chi connectivity index (χ1) is 22.1. The number of fused-ring (bicyclic) bond motifs is 1. The smallest absolute Gasteiger partial charge is 0.493 e. The van der Waals surface area contributed by atoms with E-state index in [4.69, 9.17) is 30.4 Å². The van der Waals surface area contributed by atoms with E-state index in [1.165, 1.54) is 0 Å². The van der Waals surface area contributed by atoms with Gasteiger partial charge in [0, 0.05) is 35.4 Å². The molecule has 46 heavy (non-hydrogen) atoms. The first-order valence-electron chi connectivity index (χ1n) is 14.4. The minimum atomic E-state index is -0.933. The van der Waals surface area contributed by atoms with Crippen LogP contribution in [0, 0.1) is 11.8 Å². The molecule has 0 fully saturated rings. The van der Waals surface area contributed by atoms with Crippen LogP contribution in [0.1, 0.15) is 45.1 Å². The maximum atomic E-state index is 13.5. The van der Waals surface area contributed by atoms with Crippen molar-refractivity contribution in [2.45, 2.75) is 19.9 Å². The van der Waals surface area contributed by atoms with E-state index in [1.807, 2.05) is 55.6 Å². The highest BCUT2D eigenvalue weighted by Crippen LogP contribution is 2.37. The first kappa shape index (κ1) is 31.6. The zero-order valence-electron chi connectivity index (χ0n) is 26.0. The fourth-order valence-electron chi connectivity index (χ4n) is 5.29. The molecule has 0 saturated heterocycles. The van der Waals surface area contributed by atoms with Gasteiger partial charge in [-0.25, -0.2) is 9.78 Å². The molecule has 4 aromatic rings. The van der Waals surface area contributed by atoms with Crippen LogP contribution in [0.2, 0.25) is 0 Å². The number of ether oxygens (including phenoxy) is 4. The van der Waals surface area contributed by atoms with E-state index in [0.29, 0.717) is 58.2 Å². The fraction of sp³-hybridized carbons (Fsp3) is 0.200. The van der Waals surface area contributed by atoms with Crippen molar-refractivity contribution in [3.63, 3.8) is 0 Å². The molecule has 1 unspecified atom stereocenters. The quantitative estimate of drug-likeness (QED) is 0.157. The number of carbonyl (C=O) groups excluding carboxylic acids is 2. The molecule has 234 valence electrons. The monoisotopic (exact) mass is 620 g/mol. The fourth-order valence-corrected chi connectivity index (χ4v) is 5.29. The van der Waals surface area contributed by atoms with Gasteiger partial charge in [-0.05, 0) is 36.8 Å². The summed E-state index contributed by atoms with van der Waals surface area (Å²) in [4.78, 5) is 33.7. The second kappa shape index (κ2) is 13.4. The molecule has 0 saturated carbocycles. The Morgan fingerprint density at radius 3 is 2.46 bits per heavy atom. The number of nitrogens with zero attached hydrogens (tertiary/aromatic N) is 3. The summed E-state index contributed by atoms with van der Waals surface area (Å²) in [5, 5.41) is 0. The van der Waals surface area contributed by atoms with Crippen molar-refractivity contribution in [2.75, 3.05) is 39.3 Å². The summed E-state index contributed by atoms with van der Waals surface area (Å²) in [6.45, 7) is 2.27. The summed E-state index contributed by atoms with van der Waals surface area (Å²) in [5.74, 6) is 7.30. The van der Waals surface area contributed by atoms with E-state index in [2.05, 4.69) is 21.8 Å². The predicted molar refractivity (Wildman–Crippen MR) is 174 cm³/mol. The third-order valence-electron chi connectivity index (χ3n) is 7.42. The number of aromatic nitrogens is 2. The van der Waals surface area contributed by atoms with Gasteiger partial charge >= 0.3 is 6.16 Å². The first-order valence-corrected chi connectivity index (χ1v) is 14.4. The van der Waals surface area contributed by atoms with Crippen molar-refractivity contribution in [3.8, 4) is 23.3 Å². The lowest BCUT2D eigenvalue weighted by atomic mass is 9.97. The maximum absolute atomic E-state index is 13.5. The molecule has 3 aromatic carbocycles. The summed E-state index contributed by atoms with van der Waals surface area (Å²) in [6.07, 6.45) is 2.71. The lowest BCUT2D eigenvalue weighted by Gasteiger charge is -2.34. The van der Waals surface area contributed by atoms with Crippen LogP contribution in [0.15, 0.2) is 78.8 Å². The molecule has 0 radical (unpaired) electrons. The number of benzene rings is 3. The molecule has 0 spiro atoms. The van der Waals surface area contributed by atoms with E-state index >= 15 is 0 Å². The van der Waals surface area contributed by atoms with Gasteiger partial charge < -0.3 is 30.4 Å². The van der Waals surface area contributed by atoms with Crippen molar-refractivity contribution in [2.24, 2.45) is 0 Å². The molecule has 0 amide bonds. The van der Waals surface area contributed by atoms with E-state index in [-0.39, 0.29) is 22.8 Å². The summed E-state index contributed by atoms with van der Waals surface area (Å²) < 4.78 is 21.7. The summed E-state index contributed by atoms with van der Waals surface area (Å²) in [5.41, 5.74) is 16.7. The maximum Gasteiger partial charge on any atom is 0.514 e. The topological polar surface area (TPSA) is 149 Å². The average Bonchev–Trinajstić information content (AvgIpc) is 3.04. The molecule has 11 nitrogen and oxygen atoms in total. The third-order valence-corrected chi connectivity index (χ3v) is 7.42. The van der Waals surface area contributed by atoms with Gasteiger partial charge in [0.2, 0.25) is 17.5 Å². The number of nitrogens with two attached hydrogens (primary N) is 2. The zero-order chi connectivity index (χ0) is 32.8. The standard InChI is InChI=1S/C35H34N5O6/c1-5-45-35(42)46-30-21-40(2,20-23-9-7-6-8-10-23)28-17-22(12-14-27(28)31(30)41)11-13-25-15-24(18-29(43-3)32(25)44-4)16-26-19-38-34(37)39-33(26)36/h6-10,12,14-15,17-19,21H,5,16,20H2,1-4H3,(H4,36,37,38,39)/q+1. The summed E-state index contributed by atoms with van der Waals surface area (Å²) >= 11 is 0. The molecule has 1 aromatic heterocycles. The van der Waals surface area contributed by atoms with Crippen molar-refractivity contribution in [1.29, 1.82) is 0 Å². The Morgan fingerprint density at radius 2 is 1.76 bits per heavy atom. The minimum Gasteiger partial charge on any atom is -0.493 e. The van der Waals surface area contributed by atoms with Gasteiger partial charge in [0.15, 0.2) is 11.5 Å². The SMILES string of the molecule is CCOC(=O)OC1=C[N+](C)(Cc2ccccc2)c2cc(C#Cc3cc(Cc4cnc(N)nc4N)cc(OC)c3OC)ccc2C1=O. The highest BCUT2D eigenvalue weighted by Gasteiger charge is 2.39. The van der Waals surface area contributed by atoms with E-state index in [1.54, 1.807) is 45.7 Å². The van der Waals surface area contributed by atoms with Crippen molar-refractivity contribution < 1.29 is 28.5 Å². The summed E-state index contributed by atoms with van der Waals surface area (Å²) in [7, 11) is 5.04. The Hall–Kier alpha value is -5.86. The van der Waals surface area contributed by atoms with E-state index in [0.717, 1.165) is 11.1 Å². The lowest BCUT2D eigenvalue weighted by Crippen LogP contribution is -2.43. The molecule has 11 heteroatoms. The second-order valence-electron chi connectivity index (χ2n) is 10.7. The van der Waals surface area contributed by atoms with Crippen LogP contribution in [-0.2, 0) is 22.4 Å². The normalized spacial score (nSPS) is 15.1. The number of nitrogen functional groups attached to an aromatic ring is 2. The van der Waals surface area contributed by atoms with Gasteiger partial charge in [0.1, 0.15) is 24.2 Å². The minimum absolute atomic E-state index is 0.0935. The Balaban J connectivity index is 1.55. The van der Waals surface area contributed by atoms with E-state index in [9.17, 15) is 9.59 Å². The number of allylic oxidation sites excluding steroid dienone is 1.